The summed E-state index contributed by atoms with van der Waals surface area (Å²) in [6, 6.07) is 14.9. The van der Waals surface area contributed by atoms with Gasteiger partial charge in [0.1, 0.15) is 5.75 Å². The maximum Gasteiger partial charge on any atom is 0.255 e. The molecule has 1 fully saturated rings. The highest BCUT2D eigenvalue weighted by atomic mass is 35.5. The lowest BCUT2D eigenvalue weighted by atomic mass is 10.1. The molecule has 0 bridgehead atoms. The van der Waals surface area contributed by atoms with Crippen molar-refractivity contribution in [3.63, 3.8) is 0 Å². The molecule has 1 aliphatic rings. The van der Waals surface area contributed by atoms with Gasteiger partial charge in [0.25, 0.3) is 5.91 Å². The van der Waals surface area contributed by atoms with Gasteiger partial charge in [0.05, 0.1) is 17.7 Å². The van der Waals surface area contributed by atoms with Crippen LogP contribution in [0.2, 0.25) is 5.02 Å². The number of piperazine rings is 1. The van der Waals surface area contributed by atoms with Gasteiger partial charge >= 0.3 is 0 Å². The molecule has 6 nitrogen and oxygen atoms in total. The Bertz CT molecular complexity index is 1000. The van der Waals surface area contributed by atoms with Crippen LogP contribution in [0.1, 0.15) is 29.8 Å². The molecule has 0 atom stereocenters. The first-order chi connectivity index (χ1) is 16.4. The molecule has 0 radical (unpaired) electrons. The minimum Gasteiger partial charge on any atom is -0.496 e. The standard InChI is InChI=1S/C27H34ClN3O3/c1-21(2)26(32)31-19-16-29(17-20-31)15-18-30(27(33)23-11-5-6-12-24(23)28)14-8-10-22-9-4-7-13-25(22)34-3/h4-13,21H,14-20H2,1-3H3/b10-8+. The number of para-hydroxylation sites is 1. The summed E-state index contributed by atoms with van der Waals surface area (Å²) >= 11 is 6.32. The Balaban J connectivity index is 1.66. The second-order valence-electron chi connectivity index (χ2n) is 8.70. The Hall–Kier alpha value is -2.83. The van der Waals surface area contributed by atoms with Gasteiger partial charge in [-0.05, 0) is 18.2 Å². The summed E-state index contributed by atoms with van der Waals surface area (Å²) in [5, 5.41) is 0.451. The van der Waals surface area contributed by atoms with E-state index in [1.165, 1.54) is 0 Å². The highest BCUT2D eigenvalue weighted by Crippen LogP contribution is 2.20. The van der Waals surface area contributed by atoms with E-state index in [4.69, 9.17) is 16.3 Å². The molecular weight excluding hydrogens is 450 g/mol. The number of hydrogen-bond acceptors (Lipinski definition) is 4. The number of rotatable bonds is 9. The van der Waals surface area contributed by atoms with Crippen LogP contribution in [0, 0.1) is 5.92 Å². The fourth-order valence-corrected chi connectivity index (χ4v) is 4.23. The molecule has 3 rings (SSSR count). The van der Waals surface area contributed by atoms with E-state index >= 15 is 0 Å². The van der Waals surface area contributed by atoms with Crippen molar-refractivity contribution in [3.8, 4) is 5.75 Å². The van der Waals surface area contributed by atoms with Crippen LogP contribution in [0.5, 0.6) is 5.75 Å². The maximum absolute atomic E-state index is 13.3. The van der Waals surface area contributed by atoms with E-state index in [0.717, 1.165) is 44.0 Å². The molecular formula is C27H34ClN3O3. The van der Waals surface area contributed by atoms with Crippen LogP contribution < -0.4 is 4.74 Å². The normalized spacial score (nSPS) is 14.6. The molecule has 0 aliphatic carbocycles. The number of carbonyl (C=O) groups excluding carboxylic acids is 2. The zero-order valence-electron chi connectivity index (χ0n) is 20.2. The van der Waals surface area contributed by atoms with Crippen molar-refractivity contribution in [2.24, 2.45) is 5.92 Å². The molecule has 182 valence electrons. The molecule has 1 saturated heterocycles. The maximum atomic E-state index is 13.3. The van der Waals surface area contributed by atoms with Gasteiger partial charge in [-0.1, -0.05) is 67.9 Å². The van der Waals surface area contributed by atoms with E-state index in [9.17, 15) is 9.59 Å². The molecule has 2 aromatic rings. The molecule has 1 aliphatic heterocycles. The van der Waals surface area contributed by atoms with Crippen LogP contribution in [0.25, 0.3) is 6.08 Å². The van der Waals surface area contributed by atoms with Crippen LogP contribution >= 0.6 is 11.6 Å². The highest BCUT2D eigenvalue weighted by Gasteiger charge is 2.24. The fraction of sp³-hybridized carbons (Fsp3) is 0.407. The third-order valence-corrected chi connectivity index (χ3v) is 6.35. The minimum absolute atomic E-state index is 0.0188. The van der Waals surface area contributed by atoms with Crippen molar-refractivity contribution in [3.05, 3.63) is 70.8 Å². The third-order valence-electron chi connectivity index (χ3n) is 6.02. The molecule has 0 N–H and O–H groups in total. The molecule has 34 heavy (non-hydrogen) atoms. The Labute approximate surface area is 207 Å². The summed E-state index contributed by atoms with van der Waals surface area (Å²) in [6.45, 7) is 8.70. The van der Waals surface area contributed by atoms with Crippen LogP contribution in [0.4, 0.5) is 0 Å². The highest BCUT2D eigenvalue weighted by molar-refractivity contribution is 6.33. The summed E-state index contributed by atoms with van der Waals surface area (Å²) in [5.74, 6) is 0.919. The van der Waals surface area contributed by atoms with Crippen molar-refractivity contribution >= 4 is 29.5 Å². The Morgan fingerprint density at radius 2 is 1.74 bits per heavy atom. The van der Waals surface area contributed by atoms with Crippen molar-refractivity contribution in [2.75, 3.05) is 52.9 Å². The molecule has 2 amide bonds. The summed E-state index contributed by atoms with van der Waals surface area (Å²) in [7, 11) is 1.65. The number of carbonyl (C=O) groups is 2. The minimum atomic E-state index is -0.0936. The lowest BCUT2D eigenvalue weighted by Gasteiger charge is -2.36. The Morgan fingerprint density at radius 3 is 2.41 bits per heavy atom. The number of nitrogens with zero attached hydrogens (tertiary/aromatic N) is 3. The Morgan fingerprint density at radius 1 is 1.06 bits per heavy atom. The summed E-state index contributed by atoms with van der Waals surface area (Å²) < 4.78 is 5.42. The van der Waals surface area contributed by atoms with E-state index in [2.05, 4.69) is 4.90 Å². The molecule has 1 heterocycles. The SMILES string of the molecule is COc1ccccc1/C=C/CN(CCN1CCN(C(=O)C(C)C)CC1)C(=O)c1ccccc1Cl. The quantitative estimate of drug-likeness (QED) is 0.533. The van der Waals surface area contributed by atoms with Gasteiger partial charge in [0.2, 0.25) is 5.91 Å². The van der Waals surface area contributed by atoms with E-state index in [-0.39, 0.29) is 17.7 Å². The molecule has 7 heteroatoms. The van der Waals surface area contributed by atoms with Gasteiger partial charge in [0, 0.05) is 57.3 Å². The van der Waals surface area contributed by atoms with E-state index in [0.29, 0.717) is 23.7 Å². The molecule has 0 spiro atoms. The second-order valence-corrected chi connectivity index (χ2v) is 9.10. The summed E-state index contributed by atoms with van der Waals surface area (Å²) in [6.07, 6.45) is 3.95. The van der Waals surface area contributed by atoms with Gasteiger partial charge < -0.3 is 14.5 Å². The van der Waals surface area contributed by atoms with E-state index < -0.39 is 0 Å². The smallest absolute Gasteiger partial charge is 0.255 e. The predicted molar refractivity (Wildman–Crippen MR) is 137 cm³/mol. The van der Waals surface area contributed by atoms with Crippen LogP contribution in [0.3, 0.4) is 0 Å². The number of ether oxygens (including phenoxy) is 1. The lowest BCUT2D eigenvalue weighted by molar-refractivity contribution is -0.136. The average Bonchev–Trinajstić information content (AvgIpc) is 2.86. The van der Waals surface area contributed by atoms with Crippen LogP contribution in [-0.2, 0) is 4.79 Å². The first kappa shape index (κ1) is 25.8. The van der Waals surface area contributed by atoms with Gasteiger partial charge in [0.15, 0.2) is 0 Å². The van der Waals surface area contributed by atoms with Gasteiger partial charge in [-0.3, -0.25) is 14.5 Å². The number of hydrogen-bond donors (Lipinski definition) is 0. The molecule has 0 aromatic heterocycles. The van der Waals surface area contributed by atoms with Crippen LogP contribution in [-0.4, -0.2) is 79.4 Å². The molecule has 0 unspecified atom stereocenters. The Kier molecular flexibility index (Phi) is 9.54. The third kappa shape index (κ3) is 6.84. The first-order valence-corrected chi connectivity index (χ1v) is 12.1. The number of halogens is 1. The predicted octanol–water partition coefficient (Wildman–Crippen LogP) is 4.30. The van der Waals surface area contributed by atoms with Crippen molar-refractivity contribution < 1.29 is 14.3 Å². The summed E-state index contributed by atoms with van der Waals surface area (Å²) in [4.78, 5) is 31.6. The van der Waals surface area contributed by atoms with Gasteiger partial charge in [-0.2, -0.15) is 0 Å². The van der Waals surface area contributed by atoms with Crippen molar-refractivity contribution in [1.82, 2.24) is 14.7 Å². The zero-order chi connectivity index (χ0) is 24.5. The lowest BCUT2D eigenvalue weighted by Crippen LogP contribution is -2.51. The fourth-order valence-electron chi connectivity index (χ4n) is 4.01. The van der Waals surface area contributed by atoms with Gasteiger partial charge in [-0.15, -0.1) is 0 Å². The van der Waals surface area contributed by atoms with Crippen molar-refractivity contribution in [1.29, 1.82) is 0 Å². The van der Waals surface area contributed by atoms with Crippen molar-refractivity contribution in [2.45, 2.75) is 13.8 Å². The largest absolute Gasteiger partial charge is 0.496 e. The van der Waals surface area contributed by atoms with Gasteiger partial charge in [-0.25, -0.2) is 0 Å². The summed E-state index contributed by atoms with van der Waals surface area (Å²) in [5.41, 5.74) is 1.46. The topological polar surface area (TPSA) is 53.1 Å². The average molecular weight is 484 g/mol. The number of benzene rings is 2. The van der Waals surface area contributed by atoms with E-state index in [1.54, 1.807) is 19.2 Å². The zero-order valence-corrected chi connectivity index (χ0v) is 21.0. The number of methoxy groups -OCH3 is 1. The first-order valence-electron chi connectivity index (χ1n) is 11.7. The molecule has 0 saturated carbocycles. The number of amides is 2. The molecule has 2 aromatic carbocycles. The van der Waals surface area contributed by atoms with E-state index in [1.807, 2.05) is 72.2 Å². The second kappa shape index (κ2) is 12.6. The monoisotopic (exact) mass is 483 g/mol. The van der Waals surface area contributed by atoms with Crippen LogP contribution in [0.15, 0.2) is 54.6 Å².